The predicted molar refractivity (Wildman–Crippen MR) is 127 cm³/mol. The fourth-order valence-corrected chi connectivity index (χ4v) is 4.07. The Kier molecular flexibility index (Phi) is 7.01. The van der Waals surface area contributed by atoms with Crippen LogP contribution in [0.5, 0.6) is 0 Å². The molecule has 0 saturated carbocycles. The standard InChI is InChI=1S/C24H19ClN4O2S/c25-23-22(29-32(31)21-9-5-2-6-10-21)12-19(16-27-23)18-11-20(15-26-14-18)24(30)28-13-17-7-3-1-4-8-17/h1-12,14-16,29H,13H2,(H,28,30). The zero-order chi connectivity index (χ0) is 22.3. The second-order valence-corrected chi connectivity index (χ2v) is 8.45. The number of hydrogen-bond donors (Lipinski definition) is 2. The molecule has 0 saturated heterocycles. The fourth-order valence-electron chi connectivity index (χ4n) is 2.98. The largest absolute Gasteiger partial charge is 0.588 e. The van der Waals surface area contributed by atoms with E-state index in [0.717, 1.165) is 5.56 Å². The summed E-state index contributed by atoms with van der Waals surface area (Å²) in [5.74, 6) is -0.228. The van der Waals surface area contributed by atoms with E-state index in [1.165, 1.54) is 6.20 Å². The van der Waals surface area contributed by atoms with Gasteiger partial charge in [0, 0.05) is 36.3 Å². The summed E-state index contributed by atoms with van der Waals surface area (Å²) < 4.78 is 15.5. The first kappa shape index (κ1) is 21.8. The maximum atomic E-state index is 12.6. The van der Waals surface area contributed by atoms with E-state index in [1.807, 2.05) is 48.5 Å². The zero-order valence-corrected chi connectivity index (χ0v) is 18.4. The van der Waals surface area contributed by atoms with Gasteiger partial charge in [-0.3, -0.25) is 9.78 Å². The van der Waals surface area contributed by atoms with Crippen LogP contribution in [0.3, 0.4) is 0 Å². The highest BCUT2D eigenvalue weighted by atomic mass is 35.5. The van der Waals surface area contributed by atoms with Crippen molar-refractivity contribution in [3.8, 4) is 11.1 Å². The molecule has 4 rings (SSSR count). The number of rotatable bonds is 7. The fraction of sp³-hybridized carbons (Fsp3) is 0.0417. The average Bonchev–Trinajstić information content (AvgIpc) is 2.85. The number of nitrogens with one attached hydrogen (secondary N) is 2. The molecule has 0 fully saturated rings. The third-order valence-corrected chi connectivity index (χ3v) is 6.04. The van der Waals surface area contributed by atoms with Crippen molar-refractivity contribution in [3.63, 3.8) is 0 Å². The minimum absolute atomic E-state index is 0.197. The molecule has 4 aromatic rings. The third kappa shape index (κ3) is 5.45. The summed E-state index contributed by atoms with van der Waals surface area (Å²) in [4.78, 5) is 21.6. The Hall–Kier alpha value is -3.39. The van der Waals surface area contributed by atoms with Crippen LogP contribution in [-0.2, 0) is 17.9 Å². The van der Waals surface area contributed by atoms with E-state index >= 15 is 0 Å². The summed E-state index contributed by atoms with van der Waals surface area (Å²) in [6.45, 7) is 0.422. The lowest BCUT2D eigenvalue weighted by Crippen LogP contribution is -2.22. The molecule has 1 atom stereocenters. The van der Waals surface area contributed by atoms with Gasteiger partial charge in [0.25, 0.3) is 5.91 Å². The lowest BCUT2D eigenvalue weighted by molar-refractivity contribution is 0.0950. The second kappa shape index (κ2) is 10.3. The number of hydrogen-bond acceptors (Lipinski definition) is 5. The highest BCUT2D eigenvalue weighted by Gasteiger charge is 2.15. The number of carbonyl (C=O) groups is 1. The summed E-state index contributed by atoms with van der Waals surface area (Å²) in [5.41, 5.74) is 3.23. The number of pyridine rings is 2. The number of halogens is 1. The second-order valence-electron chi connectivity index (χ2n) is 6.88. The number of aromatic nitrogens is 2. The summed E-state index contributed by atoms with van der Waals surface area (Å²) in [6, 6.07) is 22.1. The molecule has 160 valence electrons. The molecule has 2 N–H and O–H groups in total. The predicted octanol–water partition coefficient (Wildman–Crippen LogP) is 4.86. The van der Waals surface area contributed by atoms with Crippen molar-refractivity contribution in [2.24, 2.45) is 0 Å². The van der Waals surface area contributed by atoms with Crippen LogP contribution >= 0.6 is 11.6 Å². The van der Waals surface area contributed by atoms with Crippen molar-refractivity contribution in [1.82, 2.24) is 15.3 Å². The molecular weight excluding hydrogens is 444 g/mol. The molecule has 0 aliphatic rings. The van der Waals surface area contributed by atoms with Crippen LogP contribution < -0.4 is 10.0 Å². The normalized spacial score (nSPS) is 11.6. The Labute approximate surface area is 194 Å². The summed E-state index contributed by atoms with van der Waals surface area (Å²) >= 11 is 4.71. The quantitative estimate of drug-likeness (QED) is 0.302. The van der Waals surface area contributed by atoms with E-state index in [9.17, 15) is 9.35 Å². The minimum atomic E-state index is -1.50. The van der Waals surface area contributed by atoms with Crippen LogP contribution in [0, 0.1) is 0 Å². The van der Waals surface area contributed by atoms with Crippen molar-refractivity contribution >= 4 is 34.6 Å². The molecule has 1 amide bonds. The maximum Gasteiger partial charge on any atom is 0.253 e. The van der Waals surface area contributed by atoms with Crippen LogP contribution in [0.15, 0.2) is 96.3 Å². The van der Waals surface area contributed by atoms with E-state index in [2.05, 4.69) is 20.0 Å². The SMILES string of the molecule is O=C(NCc1ccccc1)c1cncc(-c2cnc(Cl)c(N[S+]([O-])c3ccccc3)c2)c1. The summed E-state index contributed by atoms with van der Waals surface area (Å²) in [5, 5.41) is 3.09. The van der Waals surface area contributed by atoms with E-state index in [4.69, 9.17) is 11.6 Å². The Morgan fingerprint density at radius 1 is 0.938 bits per heavy atom. The van der Waals surface area contributed by atoms with Gasteiger partial charge in [-0.05, 0) is 29.8 Å². The van der Waals surface area contributed by atoms with Crippen LogP contribution in [-0.4, -0.2) is 20.4 Å². The monoisotopic (exact) mass is 462 g/mol. The molecule has 32 heavy (non-hydrogen) atoms. The minimum Gasteiger partial charge on any atom is -0.588 e. The molecule has 2 heterocycles. The Morgan fingerprint density at radius 2 is 1.62 bits per heavy atom. The highest BCUT2D eigenvalue weighted by molar-refractivity contribution is 7.92. The maximum absolute atomic E-state index is 12.6. The molecule has 2 aromatic carbocycles. The van der Waals surface area contributed by atoms with Gasteiger partial charge in [-0.15, -0.1) is 0 Å². The molecular formula is C24H19ClN4O2S. The average molecular weight is 463 g/mol. The van der Waals surface area contributed by atoms with Crippen molar-refractivity contribution in [2.45, 2.75) is 11.4 Å². The first-order valence-electron chi connectivity index (χ1n) is 9.77. The molecule has 0 radical (unpaired) electrons. The summed E-state index contributed by atoms with van der Waals surface area (Å²) in [6.07, 6.45) is 4.73. The molecule has 0 aliphatic heterocycles. The van der Waals surface area contributed by atoms with Crippen molar-refractivity contribution in [3.05, 3.63) is 108 Å². The van der Waals surface area contributed by atoms with E-state index in [1.54, 1.807) is 36.7 Å². The van der Waals surface area contributed by atoms with Crippen LogP contribution in [0.25, 0.3) is 11.1 Å². The summed E-state index contributed by atoms with van der Waals surface area (Å²) in [7, 11) is 0. The number of nitrogens with zero attached hydrogens (tertiary/aromatic N) is 2. The lowest BCUT2D eigenvalue weighted by atomic mass is 10.1. The topological polar surface area (TPSA) is 90.0 Å². The third-order valence-electron chi connectivity index (χ3n) is 4.63. The van der Waals surface area contributed by atoms with Gasteiger partial charge in [0.05, 0.1) is 5.56 Å². The van der Waals surface area contributed by atoms with Gasteiger partial charge in [0.2, 0.25) is 0 Å². The van der Waals surface area contributed by atoms with Gasteiger partial charge in [-0.25, -0.2) is 9.71 Å². The van der Waals surface area contributed by atoms with Crippen LogP contribution in [0.1, 0.15) is 15.9 Å². The number of amides is 1. The van der Waals surface area contributed by atoms with E-state index in [-0.39, 0.29) is 11.1 Å². The van der Waals surface area contributed by atoms with Gasteiger partial charge < -0.3 is 9.87 Å². The van der Waals surface area contributed by atoms with Gasteiger partial charge in [0.15, 0.2) is 10.0 Å². The Morgan fingerprint density at radius 3 is 2.38 bits per heavy atom. The van der Waals surface area contributed by atoms with Crippen molar-refractivity contribution in [1.29, 1.82) is 0 Å². The Bertz CT molecular complexity index is 1210. The lowest BCUT2D eigenvalue weighted by Gasteiger charge is -2.13. The van der Waals surface area contributed by atoms with Crippen molar-refractivity contribution < 1.29 is 9.35 Å². The highest BCUT2D eigenvalue weighted by Crippen LogP contribution is 2.28. The van der Waals surface area contributed by atoms with Crippen LogP contribution in [0.4, 0.5) is 5.69 Å². The van der Waals surface area contributed by atoms with Gasteiger partial charge in [-0.2, -0.15) is 0 Å². The van der Waals surface area contributed by atoms with Gasteiger partial charge >= 0.3 is 0 Å². The van der Waals surface area contributed by atoms with Crippen molar-refractivity contribution in [2.75, 3.05) is 4.72 Å². The van der Waals surface area contributed by atoms with Gasteiger partial charge in [-0.1, -0.05) is 60.1 Å². The zero-order valence-electron chi connectivity index (χ0n) is 16.9. The Balaban J connectivity index is 1.51. The molecule has 2 aromatic heterocycles. The molecule has 1 unspecified atom stereocenters. The molecule has 6 nitrogen and oxygen atoms in total. The molecule has 0 spiro atoms. The molecule has 8 heteroatoms. The number of anilines is 1. The smallest absolute Gasteiger partial charge is 0.253 e. The number of carbonyl (C=O) groups excluding carboxylic acids is 1. The number of benzene rings is 2. The molecule has 0 bridgehead atoms. The van der Waals surface area contributed by atoms with Gasteiger partial charge in [0.1, 0.15) is 17.0 Å². The van der Waals surface area contributed by atoms with Crippen LogP contribution in [0.2, 0.25) is 5.15 Å². The first-order valence-corrected chi connectivity index (χ1v) is 11.3. The van der Waals surface area contributed by atoms with E-state index < -0.39 is 11.4 Å². The van der Waals surface area contributed by atoms with E-state index in [0.29, 0.717) is 33.8 Å². The first-order chi connectivity index (χ1) is 15.6. The molecule has 0 aliphatic carbocycles.